The second-order valence-corrected chi connectivity index (χ2v) is 5.45. The van der Waals surface area contributed by atoms with Crippen LogP contribution in [-0.4, -0.2) is 12.6 Å². The Morgan fingerprint density at radius 2 is 2.10 bits per heavy atom. The highest BCUT2D eigenvalue weighted by molar-refractivity contribution is 5.61. The molecule has 0 spiro atoms. The van der Waals surface area contributed by atoms with Crippen LogP contribution in [-0.2, 0) is 13.1 Å². The quantitative estimate of drug-likeness (QED) is 0.942. The van der Waals surface area contributed by atoms with Gasteiger partial charge in [-0.2, -0.15) is 0 Å². The molecule has 0 saturated heterocycles. The lowest BCUT2D eigenvalue weighted by molar-refractivity contribution is 0.212. The number of fused-ring (bicyclic) bond motifs is 1. The summed E-state index contributed by atoms with van der Waals surface area (Å²) in [6.07, 6.45) is 0.0964. The first-order chi connectivity index (χ1) is 10.2. The van der Waals surface area contributed by atoms with Crippen LogP contribution >= 0.6 is 0 Å². The third kappa shape index (κ3) is 3.00. The lowest BCUT2D eigenvalue weighted by atomic mass is 10.1. The minimum atomic E-state index is -0.201. The molecule has 1 unspecified atom stereocenters. The molecule has 110 valence electrons. The van der Waals surface area contributed by atoms with Crippen molar-refractivity contribution in [2.45, 2.75) is 26.1 Å². The second kappa shape index (κ2) is 5.74. The molecule has 0 aromatic heterocycles. The molecule has 0 saturated carbocycles. The Balaban J connectivity index is 1.90. The van der Waals surface area contributed by atoms with Crippen molar-refractivity contribution in [1.29, 1.82) is 0 Å². The van der Waals surface area contributed by atoms with E-state index in [4.69, 9.17) is 10.5 Å². The summed E-state index contributed by atoms with van der Waals surface area (Å²) in [6, 6.07) is 12.8. The number of nitrogens with zero attached hydrogens (tertiary/aromatic N) is 1. The van der Waals surface area contributed by atoms with Crippen molar-refractivity contribution in [3.8, 4) is 5.75 Å². The lowest BCUT2D eigenvalue weighted by Gasteiger charge is -2.35. The van der Waals surface area contributed by atoms with Crippen molar-refractivity contribution in [3.05, 3.63) is 59.4 Å². The molecule has 1 heterocycles. The fraction of sp³-hybridized carbons (Fsp3) is 0.294. The van der Waals surface area contributed by atoms with E-state index in [2.05, 4.69) is 4.90 Å². The maximum absolute atomic E-state index is 13.3. The number of hydrogen-bond acceptors (Lipinski definition) is 3. The highest BCUT2D eigenvalue weighted by Gasteiger charge is 2.23. The minimum absolute atomic E-state index is 0.0964. The van der Waals surface area contributed by atoms with Crippen LogP contribution in [0.1, 0.15) is 18.1 Å². The zero-order valence-corrected chi connectivity index (χ0v) is 12.1. The first-order valence-corrected chi connectivity index (χ1v) is 7.15. The van der Waals surface area contributed by atoms with E-state index in [1.165, 1.54) is 6.07 Å². The van der Waals surface area contributed by atoms with Crippen LogP contribution in [0.25, 0.3) is 0 Å². The predicted molar refractivity (Wildman–Crippen MR) is 81.9 cm³/mol. The zero-order chi connectivity index (χ0) is 14.8. The maximum atomic E-state index is 13.3. The number of ether oxygens (including phenoxy) is 1. The molecule has 3 nitrogen and oxygen atoms in total. The van der Waals surface area contributed by atoms with Crippen LogP contribution in [0.2, 0.25) is 0 Å². The van der Waals surface area contributed by atoms with Gasteiger partial charge in [0.05, 0.1) is 12.2 Å². The van der Waals surface area contributed by atoms with Crippen LogP contribution in [0, 0.1) is 5.82 Å². The summed E-state index contributed by atoms with van der Waals surface area (Å²) in [4.78, 5) is 2.22. The summed E-state index contributed by atoms with van der Waals surface area (Å²) in [5.74, 6) is 0.653. The van der Waals surface area contributed by atoms with Gasteiger partial charge in [0, 0.05) is 13.1 Å². The molecular weight excluding hydrogens is 267 g/mol. The summed E-state index contributed by atoms with van der Waals surface area (Å²) < 4.78 is 19.2. The van der Waals surface area contributed by atoms with E-state index in [1.807, 2.05) is 31.2 Å². The van der Waals surface area contributed by atoms with Gasteiger partial charge in [-0.15, -0.1) is 0 Å². The minimum Gasteiger partial charge on any atom is -0.487 e. The molecule has 1 aliphatic rings. The van der Waals surface area contributed by atoms with Crippen molar-refractivity contribution in [2.75, 3.05) is 11.4 Å². The van der Waals surface area contributed by atoms with Crippen LogP contribution < -0.4 is 15.4 Å². The molecule has 0 bridgehead atoms. The first-order valence-electron chi connectivity index (χ1n) is 7.15. The van der Waals surface area contributed by atoms with Crippen molar-refractivity contribution in [1.82, 2.24) is 0 Å². The van der Waals surface area contributed by atoms with E-state index in [0.29, 0.717) is 13.1 Å². The fourth-order valence-electron chi connectivity index (χ4n) is 2.71. The van der Waals surface area contributed by atoms with Crippen molar-refractivity contribution < 1.29 is 9.13 Å². The molecule has 3 rings (SSSR count). The number of hydrogen-bond donors (Lipinski definition) is 1. The summed E-state index contributed by atoms with van der Waals surface area (Å²) in [5.41, 5.74) is 8.72. The molecule has 0 radical (unpaired) electrons. The molecule has 0 fully saturated rings. The normalized spacial score (nSPS) is 17.3. The lowest BCUT2D eigenvalue weighted by Crippen LogP contribution is -2.38. The number of anilines is 1. The number of rotatable bonds is 3. The van der Waals surface area contributed by atoms with Crippen molar-refractivity contribution >= 4 is 5.69 Å². The first kappa shape index (κ1) is 13.9. The summed E-state index contributed by atoms with van der Waals surface area (Å²) in [7, 11) is 0. The molecule has 21 heavy (non-hydrogen) atoms. The predicted octanol–water partition coefficient (Wildman–Crippen LogP) is 3.07. The average Bonchev–Trinajstić information content (AvgIpc) is 2.46. The van der Waals surface area contributed by atoms with Gasteiger partial charge in [0.2, 0.25) is 0 Å². The Bertz CT molecular complexity index is 644. The van der Waals surface area contributed by atoms with E-state index < -0.39 is 0 Å². The molecule has 2 N–H and O–H groups in total. The smallest absolute Gasteiger partial charge is 0.143 e. The number of nitrogens with two attached hydrogens (primary N) is 1. The van der Waals surface area contributed by atoms with Gasteiger partial charge in [0.25, 0.3) is 0 Å². The molecule has 1 aliphatic heterocycles. The van der Waals surface area contributed by atoms with Gasteiger partial charge in [0.15, 0.2) is 0 Å². The maximum Gasteiger partial charge on any atom is 0.143 e. The van der Waals surface area contributed by atoms with Gasteiger partial charge in [0.1, 0.15) is 17.7 Å². The molecule has 0 aliphatic carbocycles. The van der Waals surface area contributed by atoms with Crippen LogP contribution in [0.15, 0.2) is 42.5 Å². The Morgan fingerprint density at radius 3 is 2.86 bits per heavy atom. The largest absolute Gasteiger partial charge is 0.487 e. The second-order valence-electron chi connectivity index (χ2n) is 5.45. The van der Waals surface area contributed by atoms with Gasteiger partial charge < -0.3 is 15.4 Å². The Kier molecular flexibility index (Phi) is 3.80. The van der Waals surface area contributed by atoms with E-state index >= 15 is 0 Å². The van der Waals surface area contributed by atoms with Gasteiger partial charge in [-0.25, -0.2) is 4.39 Å². The molecule has 2 aromatic rings. The molecule has 4 heteroatoms. The monoisotopic (exact) mass is 286 g/mol. The number of benzene rings is 2. The molecule has 2 aromatic carbocycles. The van der Waals surface area contributed by atoms with E-state index in [0.717, 1.165) is 29.1 Å². The molecule has 1 atom stereocenters. The van der Waals surface area contributed by atoms with Gasteiger partial charge in [-0.1, -0.05) is 18.2 Å². The standard InChI is InChI=1S/C17H19FN2O/c1-12-10-20(11-14-3-2-4-15(18)7-14)16-6-5-13(9-19)8-17(16)21-12/h2-8,12H,9-11,19H2,1H3. The fourth-order valence-corrected chi connectivity index (χ4v) is 2.71. The van der Waals surface area contributed by atoms with Gasteiger partial charge in [-0.3, -0.25) is 0 Å². The third-order valence-corrected chi connectivity index (χ3v) is 3.67. The highest BCUT2D eigenvalue weighted by atomic mass is 19.1. The van der Waals surface area contributed by atoms with Crippen molar-refractivity contribution in [2.24, 2.45) is 5.73 Å². The third-order valence-electron chi connectivity index (χ3n) is 3.67. The van der Waals surface area contributed by atoms with E-state index in [9.17, 15) is 4.39 Å². The summed E-state index contributed by atoms with van der Waals surface area (Å²) in [5, 5.41) is 0. The van der Waals surface area contributed by atoms with Crippen LogP contribution in [0.5, 0.6) is 5.75 Å². The number of halogens is 1. The summed E-state index contributed by atoms with van der Waals surface area (Å²) >= 11 is 0. The molecular formula is C17H19FN2O. The van der Waals surface area contributed by atoms with Gasteiger partial charge >= 0.3 is 0 Å². The average molecular weight is 286 g/mol. The Labute approximate surface area is 124 Å². The van der Waals surface area contributed by atoms with E-state index in [1.54, 1.807) is 12.1 Å². The van der Waals surface area contributed by atoms with Crippen LogP contribution in [0.4, 0.5) is 10.1 Å². The van der Waals surface area contributed by atoms with Gasteiger partial charge in [-0.05, 0) is 42.3 Å². The summed E-state index contributed by atoms with van der Waals surface area (Å²) in [6.45, 7) is 3.98. The zero-order valence-electron chi connectivity index (χ0n) is 12.1. The highest BCUT2D eigenvalue weighted by Crippen LogP contribution is 2.35. The SMILES string of the molecule is CC1CN(Cc2cccc(F)c2)c2ccc(CN)cc2O1. The Morgan fingerprint density at radius 1 is 1.24 bits per heavy atom. The Hall–Kier alpha value is -2.07. The van der Waals surface area contributed by atoms with Crippen molar-refractivity contribution in [3.63, 3.8) is 0 Å². The van der Waals surface area contributed by atoms with E-state index in [-0.39, 0.29) is 11.9 Å². The molecule has 0 amide bonds. The van der Waals surface area contributed by atoms with Crippen LogP contribution in [0.3, 0.4) is 0 Å². The topological polar surface area (TPSA) is 38.5 Å².